The van der Waals surface area contributed by atoms with Gasteiger partial charge in [0.2, 0.25) is 0 Å². The van der Waals surface area contributed by atoms with Gasteiger partial charge < -0.3 is 7.43 Å². The summed E-state index contributed by atoms with van der Waals surface area (Å²) in [6.07, 6.45) is 9.97. The van der Waals surface area contributed by atoms with Crippen LogP contribution in [-0.2, 0) is 60.2 Å². The fraction of sp³-hybridized carbons (Fsp3) is 0.300. The molecule has 0 spiro atoms. The number of benzene rings is 3. The molecule has 0 saturated heterocycles. The van der Waals surface area contributed by atoms with Crippen LogP contribution in [0.2, 0.25) is 0 Å². The molecular weight excluding hydrogens is 633 g/mol. The van der Waals surface area contributed by atoms with Crippen molar-refractivity contribution in [2.45, 2.75) is 59.8 Å². The normalized spacial score (nSPS) is 9.69. The molecule has 32 heavy (non-hydrogen) atoms. The number of aryl methyl sites for hydroxylation is 1. The third-order valence-corrected chi connectivity index (χ3v) is 5.14. The van der Waals surface area contributed by atoms with E-state index in [9.17, 15) is 0 Å². The zero-order chi connectivity index (χ0) is 20.9. The maximum Gasteiger partial charge on any atom is 0 e. The average Bonchev–Trinajstić information content (AvgIpc) is 3.13. The molecule has 0 aromatic heterocycles. The van der Waals surface area contributed by atoms with Gasteiger partial charge >= 0.3 is 0 Å². The van der Waals surface area contributed by atoms with Crippen LogP contribution in [0.5, 0.6) is 0 Å². The van der Waals surface area contributed by atoms with E-state index in [-0.39, 0.29) is 61.2 Å². The van der Waals surface area contributed by atoms with Crippen LogP contribution in [0.4, 0.5) is 0 Å². The molecule has 0 bridgehead atoms. The van der Waals surface area contributed by atoms with Crippen LogP contribution < -0.4 is 0 Å². The molecule has 0 aliphatic heterocycles. The number of unbranched alkanes of at least 4 members (excludes halogenated alkanes) is 3. The van der Waals surface area contributed by atoms with Gasteiger partial charge in [-0.25, -0.2) is 6.08 Å². The van der Waals surface area contributed by atoms with Crippen molar-refractivity contribution in [3.63, 3.8) is 0 Å². The van der Waals surface area contributed by atoms with Crippen molar-refractivity contribution < 1.29 is 53.8 Å². The monoisotopic (exact) mass is 671 g/mol. The molecule has 0 fully saturated rings. The second kappa shape index (κ2) is 19.6. The Balaban J connectivity index is 0. The quantitative estimate of drug-likeness (QED) is 0.150. The van der Waals surface area contributed by atoms with E-state index in [1.807, 2.05) is 13.0 Å². The Labute approximate surface area is 237 Å². The van der Waals surface area contributed by atoms with Crippen LogP contribution in [0.15, 0.2) is 78.9 Å². The number of hydrogen-bond donors (Lipinski definition) is 0. The van der Waals surface area contributed by atoms with E-state index in [1.165, 1.54) is 59.1 Å². The Morgan fingerprint density at radius 1 is 0.594 bits per heavy atom. The van der Waals surface area contributed by atoms with Crippen molar-refractivity contribution in [3.8, 4) is 11.1 Å². The molecule has 4 rings (SSSR count). The molecule has 0 saturated carbocycles. The first-order chi connectivity index (χ1) is 14.3. The SMILES string of the molecule is CCCCCC.CCc1ccccc1.C[C-]=C1c2ccccc2-c2ccccc21.[CH3-].[W].[Y]. The van der Waals surface area contributed by atoms with Gasteiger partial charge in [0.15, 0.2) is 0 Å². The Morgan fingerprint density at radius 2 is 0.969 bits per heavy atom. The standard InChI is InChI=1S/C15H11.C8H10.C6H14.CH3.W.Y/c1-2-11-12-7-3-5-9-14(12)15-10-6-4-8-13(11)15;1-2-8-6-4-3-5-7-8;1-3-5-6-4-2;;;/h3-10H,1H3;3-7H,2H2,1H3;3-6H2,1-2H3;1H3;;/q-1;;;-1;;. The maximum atomic E-state index is 3.29. The summed E-state index contributed by atoms with van der Waals surface area (Å²) in [4.78, 5) is 0. The minimum Gasteiger partial charge on any atom is -0.358 e. The first kappa shape index (κ1) is 33.4. The molecule has 0 nitrogen and oxygen atoms in total. The Hall–Kier alpha value is -0.808. The summed E-state index contributed by atoms with van der Waals surface area (Å²) >= 11 is 0. The molecule has 2 heteroatoms. The molecule has 0 atom stereocenters. The van der Waals surface area contributed by atoms with Crippen LogP contribution in [0.3, 0.4) is 0 Å². The molecule has 1 radical (unpaired) electrons. The smallest absolute Gasteiger partial charge is 0 e. The fourth-order valence-electron chi connectivity index (χ4n) is 3.50. The molecule has 0 unspecified atom stereocenters. The molecule has 1 aliphatic rings. The summed E-state index contributed by atoms with van der Waals surface area (Å²) in [5.41, 5.74) is 7.92. The molecule has 0 amide bonds. The molecular formula is C30H38WY-2. The maximum absolute atomic E-state index is 3.29. The van der Waals surface area contributed by atoms with Gasteiger partial charge in [0.1, 0.15) is 0 Å². The summed E-state index contributed by atoms with van der Waals surface area (Å²) in [5, 5.41) is 0. The van der Waals surface area contributed by atoms with E-state index >= 15 is 0 Å². The average molecular weight is 671 g/mol. The van der Waals surface area contributed by atoms with Crippen molar-refractivity contribution in [2.75, 3.05) is 0 Å². The van der Waals surface area contributed by atoms with Crippen molar-refractivity contribution >= 4 is 5.57 Å². The van der Waals surface area contributed by atoms with Gasteiger partial charge in [-0.1, -0.05) is 131 Å². The molecule has 1 aliphatic carbocycles. The van der Waals surface area contributed by atoms with Gasteiger partial charge in [-0.05, 0) is 12.0 Å². The second-order valence-corrected chi connectivity index (χ2v) is 7.26. The number of allylic oxidation sites excluding steroid dienone is 1. The molecule has 0 heterocycles. The van der Waals surface area contributed by atoms with E-state index in [0.717, 1.165) is 6.42 Å². The van der Waals surface area contributed by atoms with Gasteiger partial charge in [0.05, 0.1) is 0 Å². The van der Waals surface area contributed by atoms with Gasteiger partial charge in [0, 0.05) is 53.8 Å². The Kier molecular flexibility index (Phi) is 20.5. The van der Waals surface area contributed by atoms with Crippen molar-refractivity contribution in [1.82, 2.24) is 0 Å². The van der Waals surface area contributed by atoms with Crippen molar-refractivity contribution in [3.05, 3.63) is 109 Å². The molecule has 3 aromatic rings. The first-order valence-corrected chi connectivity index (χ1v) is 11.0. The number of hydrogen-bond acceptors (Lipinski definition) is 0. The van der Waals surface area contributed by atoms with Crippen LogP contribution in [-0.4, -0.2) is 0 Å². The predicted octanol–water partition coefficient (Wildman–Crippen LogP) is 9.20. The summed E-state index contributed by atoms with van der Waals surface area (Å²) < 4.78 is 0. The van der Waals surface area contributed by atoms with Crippen LogP contribution in [0.25, 0.3) is 16.7 Å². The van der Waals surface area contributed by atoms with Crippen molar-refractivity contribution in [1.29, 1.82) is 0 Å². The molecule has 3 aromatic carbocycles. The van der Waals surface area contributed by atoms with Crippen LogP contribution >= 0.6 is 0 Å². The summed E-state index contributed by atoms with van der Waals surface area (Å²) in [6.45, 7) is 8.61. The van der Waals surface area contributed by atoms with E-state index in [1.54, 1.807) is 0 Å². The van der Waals surface area contributed by atoms with E-state index < -0.39 is 0 Å². The zero-order valence-corrected chi connectivity index (χ0v) is 26.3. The fourth-order valence-corrected chi connectivity index (χ4v) is 3.50. The van der Waals surface area contributed by atoms with E-state index in [0.29, 0.717) is 0 Å². The van der Waals surface area contributed by atoms with E-state index in [4.69, 9.17) is 0 Å². The summed E-state index contributed by atoms with van der Waals surface area (Å²) in [6, 6.07) is 27.5. The number of fused-ring (bicyclic) bond motifs is 3. The summed E-state index contributed by atoms with van der Waals surface area (Å²) in [7, 11) is 0. The van der Waals surface area contributed by atoms with Gasteiger partial charge in [0.25, 0.3) is 0 Å². The van der Waals surface area contributed by atoms with E-state index in [2.05, 4.69) is 99.6 Å². The summed E-state index contributed by atoms with van der Waals surface area (Å²) in [5.74, 6) is 0. The van der Waals surface area contributed by atoms with Gasteiger partial charge in [-0.3, -0.25) is 0 Å². The van der Waals surface area contributed by atoms with Crippen LogP contribution in [0.1, 0.15) is 70.1 Å². The third-order valence-electron chi connectivity index (χ3n) is 5.14. The van der Waals surface area contributed by atoms with Gasteiger partial charge in [-0.15, -0.1) is 23.3 Å². The minimum atomic E-state index is 0. The largest absolute Gasteiger partial charge is 0.358 e. The first-order valence-electron chi connectivity index (χ1n) is 11.0. The topological polar surface area (TPSA) is 0 Å². The van der Waals surface area contributed by atoms with Crippen molar-refractivity contribution in [2.24, 2.45) is 0 Å². The Bertz CT molecular complexity index is 833. The third kappa shape index (κ3) is 9.99. The number of rotatable bonds is 4. The van der Waals surface area contributed by atoms with Gasteiger partial charge in [-0.2, -0.15) is 5.57 Å². The Morgan fingerprint density at radius 3 is 1.28 bits per heavy atom. The minimum absolute atomic E-state index is 0. The molecule has 169 valence electrons. The zero-order valence-electron chi connectivity index (χ0n) is 20.5. The predicted molar refractivity (Wildman–Crippen MR) is 135 cm³/mol. The van der Waals surface area contributed by atoms with Crippen LogP contribution in [0, 0.1) is 13.5 Å². The molecule has 0 N–H and O–H groups in total. The second-order valence-electron chi connectivity index (χ2n) is 7.26.